The summed E-state index contributed by atoms with van der Waals surface area (Å²) in [7, 11) is -1.25. The summed E-state index contributed by atoms with van der Waals surface area (Å²) in [4.78, 5) is 0.304. The first-order valence-electron chi connectivity index (χ1n) is 4.56. The summed E-state index contributed by atoms with van der Waals surface area (Å²) >= 11 is 0. The largest absolute Gasteiger partial charge is 0.324 e. The Morgan fingerprint density at radius 2 is 2.29 bits per heavy atom. The highest BCUT2D eigenvalue weighted by atomic mass is 32.2. The van der Waals surface area contributed by atoms with E-state index in [1.54, 1.807) is 12.1 Å². The van der Waals surface area contributed by atoms with Crippen molar-refractivity contribution in [2.75, 3.05) is 0 Å². The van der Waals surface area contributed by atoms with Crippen LogP contribution in [0.3, 0.4) is 0 Å². The Labute approximate surface area is 84.8 Å². The van der Waals surface area contributed by atoms with Gasteiger partial charge in [-0.05, 0) is 18.1 Å². The highest BCUT2D eigenvalue weighted by Crippen LogP contribution is 2.33. The summed E-state index contributed by atoms with van der Waals surface area (Å²) in [5.74, 6) is -0.400. The Kier molecular flexibility index (Phi) is 2.41. The molecule has 2 rings (SSSR count). The standard InChI is InChI=1S/C10H12FNOS/c1-6-5-9(12)7-3-2-4-8(11)10(7)14(6)13/h2-4,6,9H,5,12H2,1H3. The van der Waals surface area contributed by atoms with Crippen molar-refractivity contribution < 1.29 is 8.60 Å². The fraction of sp³-hybridized carbons (Fsp3) is 0.400. The molecule has 1 aromatic rings. The van der Waals surface area contributed by atoms with E-state index in [2.05, 4.69) is 0 Å². The molecule has 0 fully saturated rings. The van der Waals surface area contributed by atoms with Gasteiger partial charge in [-0.2, -0.15) is 0 Å². The number of benzene rings is 1. The lowest BCUT2D eigenvalue weighted by Crippen LogP contribution is -2.28. The summed E-state index contributed by atoms with van der Waals surface area (Å²) in [6, 6.07) is 4.52. The van der Waals surface area contributed by atoms with E-state index in [0.717, 1.165) is 0 Å². The molecule has 1 aliphatic heterocycles. The minimum Gasteiger partial charge on any atom is -0.324 e. The molecule has 0 amide bonds. The SMILES string of the molecule is CC1CC(N)c2cccc(F)c2S1=O. The van der Waals surface area contributed by atoms with E-state index in [-0.39, 0.29) is 11.3 Å². The first-order chi connectivity index (χ1) is 6.61. The first kappa shape index (κ1) is 9.80. The van der Waals surface area contributed by atoms with Crippen molar-refractivity contribution in [1.29, 1.82) is 0 Å². The molecule has 76 valence electrons. The van der Waals surface area contributed by atoms with Crippen LogP contribution in [0.25, 0.3) is 0 Å². The average Bonchev–Trinajstić information content (AvgIpc) is 2.14. The zero-order valence-corrected chi connectivity index (χ0v) is 8.68. The Morgan fingerprint density at radius 1 is 1.57 bits per heavy atom. The van der Waals surface area contributed by atoms with E-state index in [0.29, 0.717) is 16.9 Å². The molecular formula is C10H12FNOS. The van der Waals surface area contributed by atoms with Crippen LogP contribution >= 0.6 is 0 Å². The highest BCUT2D eigenvalue weighted by molar-refractivity contribution is 7.85. The maximum Gasteiger partial charge on any atom is 0.139 e. The fourth-order valence-corrected chi connectivity index (χ4v) is 3.30. The van der Waals surface area contributed by atoms with Crippen LogP contribution in [0.15, 0.2) is 23.1 Å². The third kappa shape index (κ3) is 1.38. The molecule has 2 N–H and O–H groups in total. The molecule has 0 aliphatic carbocycles. The molecule has 14 heavy (non-hydrogen) atoms. The van der Waals surface area contributed by atoms with E-state index in [1.165, 1.54) is 6.07 Å². The summed E-state index contributed by atoms with van der Waals surface area (Å²) in [5, 5.41) is -0.0607. The third-order valence-corrected chi connectivity index (χ3v) is 4.31. The van der Waals surface area contributed by atoms with Gasteiger partial charge < -0.3 is 5.73 Å². The van der Waals surface area contributed by atoms with Crippen LogP contribution < -0.4 is 5.73 Å². The van der Waals surface area contributed by atoms with Crippen LogP contribution in [0, 0.1) is 5.82 Å². The predicted molar refractivity (Wildman–Crippen MR) is 53.8 cm³/mol. The number of nitrogens with two attached hydrogens (primary N) is 1. The monoisotopic (exact) mass is 213 g/mol. The van der Waals surface area contributed by atoms with Gasteiger partial charge in [-0.3, -0.25) is 4.21 Å². The van der Waals surface area contributed by atoms with Crippen molar-refractivity contribution in [2.45, 2.75) is 29.5 Å². The van der Waals surface area contributed by atoms with Gasteiger partial charge >= 0.3 is 0 Å². The molecule has 1 aromatic carbocycles. The van der Waals surface area contributed by atoms with Crippen LogP contribution in [0.1, 0.15) is 24.9 Å². The van der Waals surface area contributed by atoms with Crippen LogP contribution in [0.5, 0.6) is 0 Å². The van der Waals surface area contributed by atoms with Crippen LogP contribution in [0.4, 0.5) is 4.39 Å². The normalized spacial score (nSPS) is 31.2. The van der Waals surface area contributed by atoms with Gasteiger partial charge in [0.15, 0.2) is 0 Å². The number of halogens is 1. The van der Waals surface area contributed by atoms with Gasteiger partial charge in [0.1, 0.15) is 5.82 Å². The molecule has 0 spiro atoms. The maximum absolute atomic E-state index is 13.4. The second-order valence-corrected chi connectivity index (χ2v) is 5.42. The van der Waals surface area contributed by atoms with Gasteiger partial charge in [0, 0.05) is 11.3 Å². The summed E-state index contributed by atoms with van der Waals surface area (Å²) in [6.07, 6.45) is 0.656. The smallest absolute Gasteiger partial charge is 0.139 e. The minimum absolute atomic E-state index is 0.0607. The Balaban J connectivity index is 2.62. The third-order valence-electron chi connectivity index (χ3n) is 2.55. The number of fused-ring (bicyclic) bond motifs is 1. The molecule has 1 heterocycles. The predicted octanol–water partition coefficient (Wildman–Crippen LogP) is 1.73. The van der Waals surface area contributed by atoms with Crippen molar-refractivity contribution in [3.63, 3.8) is 0 Å². The second-order valence-electron chi connectivity index (χ2n) is 3.61. The first-order valence-corrected chi connectivity index (χ1v) is 5.77. The highest BCUT2D eigenvalue weighted by Gasteiger charge is 2.30. The van der Waals surface area contributed by atoms with Crippen molar-refractivity contribution in [3.8, 4) is 0 Å². The molecule has 1 aliphatic rings. The Morgan fingerprint density at radius 3 is 3.00 bits per heavy atom. The quantitative estimate of drug-likeness (QED) is 0.713. The van der Waals surface area contributed by atoms with Crippen molar-refractivity contribution in [2.24, 2.45) is 5.73 Å². The molecular weight excluding hydrogens is 201 g/mol. The summed E-state index contributed by atoms with van der Waals surface area (Å²) in [6.45, 7) is 1.84. The summed E-state index contributed by atoms with van der Waals surface area (Å²) in [5.41, 5.74) is 6.56. The lowest BCUT2D eigenvalue weighted by atomic mass is 10.0. The average molecular weight is 213 g/mol. The van der Waals surface area contributed by atoms with E-state index in [9.17, 15) is 8.60 Å². The van der Waals surface area contributed by atoms with Gasteiger partial charge in [0.05, 0.1) is 15.7 Å². The molecule has 4 heteroatoms. The number of rotatable bonds is 0. The molecule has 0 bridgehead atoms. The topological polar surface area (TPSA) is 43.1 Å². The van der Waals surface area contributed by atoms with Crippen LogP contribution in [0.2, 0.25) is 0 Å². The Hall–Kier alpha value is -0.740. The van der Waals surface area contributed by atoms with Gasteiger partial charge in [-0.25, -0.2) is 4.39 Å². The van der Waals surface area contributed by atoms with E-state index < -0.39 is 16.6 Å². The number of hydrogen-bond acceptors (Lipinski definition) is 2. The molecule has 0 saturated carbocycles. The molecule has 3 unspecified atom stereocenters. The van der Waals surface area contributed by atoms with Gasteiger partial charge in [0.2, 0.25) is 0 Å². The second kappa shape index (κ2) is 3.44. The molecule has 0 radical (unpaired) electrons. The lowest BCUT2D eigenvalue weighted by Gasteiger charge is -2.26. The van der Waals surface area contributed by atoms with Crippen molar-refractivity contribution >= 4 is 10.8 Å². The fourth-order valence-electron chi connectivity index (χ4n) is 1.80. The van der Waals surface area contributed by atoms with Crippen LogP contribution in [-0.4, -0.2) is 9.46 Å². The molecule has 3 atom stereocenters. The van der Waals surface area contributed by atoms with Gasteiger partial charge in [0.25, 0.3) is 0 Å². The van der Waals surface area contributed by atoms with E-state index in [1.807, 2.05) is 6.92 Å². The van der Waals surface area contributed by atoms with Crippen molar-refractivity contribution in [3.05, 3.63) is 29.6 Å². The zero-order valence-electron chi connectivity index (χ0n) is 7.87. The lowest BCUT2D eigenvalue weighted by molar-refractivity contribution is 0.546. The van der Waals surface area contributed by atoms with Gasteiger partial charge in [-0.1, -0.05) is 19.1 Å². The van der Waals surface area contributed by atoms with Crippen molar-refractivity contribution in [1.82, 2.24) is 0 Å². The van der Waals surface area contributed by atoms with E-state index in [4.69, 9.17) is 5.73 Å². The number of hydrogen-bond donors (Lipinski definition) is 1. The molecule has 2 nitrogen and oxygen atoms in total. The van der Waals surface area contributed by atoms with Crippen LogP contribution in [-0.2, 0) is 10.8 Å². The van der Waals surface area contributed by atoms with Gasteiger partial charge in [-0.15, -0.1) is 0 Å². The summed E-state index contributed by atoms with van der Waals surface area (Å²) < 4.78 is 25.2. The Bertz CT molecular complexity index is 394. The maximum atomic E-state index is 13.4. The molecule has 0 saturated heterocycles. The van der Waals surface area contributed by atoms with E-state index >= 15 is 0 Å². The zero-order chi connectivity index (χ0) is 10.3. The minimum atomic E-state index is -1.25. The molecule has 0 aromatic heterocycles.